The molecule has 19 heavy (non-hydrogen) atoms. The highest BCUT2D eigenvalue weighted by Gasteiger charge is 2.18. The van der Waals surface area contributed by atoms with E-state index in [1.54, 1.807) is 13.0 Å². The number of rotatable bonds is 3. The second kappa shape index (κ2) is 5.65. The van der Waals surface area contributed by atoms with Gasteiger partial charge in [0, 0.05) is 5.02 Å². The molecule has 5 heteroatoms. The van der Waals surface area contributed by atoms with Crippen LogP contribution in [-0.2, 0) is 0 Å². The van der Waals surface area contributed by atoms with Crippen LogP contribution in [0.15, 0.2) is 36.4 Å². The number of hydrogen-bond acceptors (Lipinski definition) is 2. The Morgan fingerprint density at radius 1 is 1.05 bits per heavy atom. The van der Waals surface area contributed by atoms with Gasteiger partial charge in [-0.1, -0.05) is 17.7 Å². The topological polar surface area (TPSA) is 38.0 Å². The molecule has 0 saturated heterocycles. The molecule has 1 unspecified atom stereocenters. The fourth-order valence-corrected chi connectivity index (χ4v) is 2.27. The van der Waals surface area contributed by atoms with Gasteiger partial charge in [0.15, 0.2) is 0 Å². The van der Waals surface area contributed by atoms with E-state index in [-0.39, 0.29) is 5.82 Å². The smallest absolute Gasteiger partial charge is 0.123 e. The molecule has 0 aromatic heterocycles. The first-order valence-electron chi connectivity index (χ1n) is 5.70. The molecule has 0 saturated carbocycles. The molecule has 0 aliphatic rings. The number of aryl methyl sites for hydroxylation is 1. The minimum Gasteiger partial charge on any atom is -0.271 e. The normalized spacial score (nSPS) is 12.5. The van der Waals surface area contributed by atoms with Gasteiger partial charge >= 0.3 is 0 Å². The molecule has 0 bridgehead atoms. The van der Waals surface area contributed by atoms with Crippen molar-refractivity contribution in [3.05, 3.63) is 69.7 Å². The number of halogens is 3. The zero-order valence-electron chi connectivity index (χ0n) is 10.3. The monoisotopic (exact) mass is 282 g/mol. The predicted molar refractivity (Wildman–Crippen MR) is 71.7 cm³/mol. The Morgan fingerprint density at radius 3 is 2.32 bits per heavy atom. The van der Waals surface area contributed by atoms with Crippen molar-refractivity contribution in [2.75, 3.05) is 0 Å². The molecule has 0 spiro atoms. The highest BCUT2D eigenvalue weighted by Crippen LogP contribution is 2.30. The third-order valence-corrected chi connectivity index (χ3v) is 3.32. The van der Waals surface area contributed by atoms with Crippen molar-refractivity contribution < 1.29 is 8.78 Å². The Hall–Kier alpha value is -1.49. The van der Waals surface area contributed by atoms with Crippen LogP contribution < -0.4 is 11.3 Å². The van der Waals surface area contributed by atoms with E-state index < -0.39 is 11.9 Å². The standard InChI is InChI=1S/C14H13ClF2N2/c1-8-6-9(16)2-4-11(8)14(19-18)12-7-10(17)3-5-13(12)15/h2-7,14,19H,18H2,1H3. The fraction of sp³-hybridized carbons (Fsp3) is 0.143. The lowest BCUT2D eigenvalue weighted by Gasteiger charge is -2.20. The van der Waals surface area contributed by atoms with Gasteiger partial charge in [-0.2, -0.15) is 0 Å². The molecule has 3 N–H and O–H groups in total. The van der Waals surface area contributed by atoms with Crippen LogP contribution in [0, 0.1) is 18.6 Å². The molecule has 2 rings (SSSR count). The maximum atomic E-state index is 13.3. The Labute approximate surface area is 115 Å². The maximum Gasteiger partial charge on any atom is 0.123 e. The van der Waals surface area contributed by atoms with Crippen molar-refractivity contribution >= 4 is 11.6 Å². The quantitative estimate of drug-likeness (QED) is 0.668. The zero-order valence-corrected chi connectivity index (χ0v) is 11.0. The predicted octanol–water partition coefficient (Wildman–Crippen LogP) is 3.48. The molecule has 0 aliphatic carbocycles. The Balaban J connectivity index is 2.52. The van der Waals surface area contributed by atoms with E-state index in [4.69, 9.17) is 17.4 Å². The molecule has 0 aliphatic heterocycles. The molecular formula is C14H13ClF2N2. The van der Waals surface area contributed by atoms with Gasteiger partial charge in [-0.25, -0.2) is 14.2 Å². The molecule has 0 amide bonds. The summed E-state index contributed by atoms with van der Waals surface area (Å²) in [5, 5.41) is 0.396. The summed E-state index contributed by atoms with van der Waals surface area (Å²) in [7, 11) is 0. The zero-order chi connectivity index (χ0) is 14.0. The van der Waals surface area contributed by atoms with Crippen LogP contribution in [0.2, 0.25) is 5.02 Å². The number of hydrazine groups is 1. The van der Waals surface area contributed by atoms with Crippen molar-refractivity contribution in [1.29, 1.82) is 0 Å². The summed E-state index contributed by atoms with van der Waals surface area (Å²) in [4.78, 5) is 0. The van der Waals surface area contributed by atoms with Crippen molar-refractivity contribution in [2.45, 2.75) is 13.0 Å². The second-order valence-electron chi connectivity index (χ2n) is 4.27. The van der Waals surface area contributed by atoms with Crippen LogP contribution in [0.5, 0.6) is 0 Å². The first kappa shape index (κ1) is 13.9. The first-order valence-corrected chi connectivity index (χ1v) is 6.08. The molecular weight excluding hydrogens is 270 g/mol. The summed E-state index contributed by atoms with van der Waals surface area (Å²) in [6, 6.07) is 7.90. The van der Waals surface area contributed by atoms with Crippen molar-refractivity contribution in [2.24, 2.45) is 5.84 Å². The van der Waals surface area contributed by atoms with E-state index in [0.717, 1.165) is 5.56 Å². The van der Waals surface area contributed by atoms with Crippen LogP contribution >= 0.6 is 11.6 Å². The second-order valence-corrected chi connectivity index (χ2v) is 4.67. The summed E-state index contributed by atoms with van der Waals surface area (Å²) in [6.07, 6.45) is 0. The first-order chi connectivity index (χ1) is 9.02. The Kier molecular flexibility index (Phi) is 4.14. The summed E-state index contributed by atoms with van der Waals surface area (Å²) in [6.45, 7) is 1.76. The molecule has 2 aromatic rings. The molecule has 0 fully saturated rings. The average Bonchev–Trinajstić information content (AvgIpc) is 2.36. The lowest BCUT2D eigenvalue weighted by atomic mass is 9.95. The van der Waals surface area contributed by atoms with Crippen LogP contribution in [0.1, 0.15) is 22.7 Å². The van der Waals surface area contributed by atoms with Gasteiger partial charge in [-0.05, 0) is 53.9 Å². The number of hydrogen-bond donors (Lipinski definition) is 2. The van der Waals surface area contributed by atoms with E-state index in [9.17, 15) is 8.78 Å². The lowest BCUT2D eigenvalue weighted by Crippen LogP contribution is -2.29. The molecule has 100 valence electrons. The largest absolute Gasteiger partial charge is 0.271 e. The molecule has 0 radical (unpaired) electrons. The average molecular weight is 283 g/mol. The molecule has 0 heterocycles. The van der Waals surface area contributed by atoms with Crippen LogP contribution in [0.3, 0.4) is 0 Å². The van der Waals surface area contributed by atoms with E-state index in [2.05, 4.69) is 5.43 Å². The number of benzene rings is 2. The highest BCUT2D eigenvalue weighted by molar-refractivity contribution is 6.31. The summed E-state index contributed by atoms with van der Waals surface area (Å²) >= 11 is 6.07. The van der Waals surface area contributed by atoms with Gasteiger partial charge in [0.2, 0.25) is 0 Å². The Morgan fingerprint density at radius 2 is 1.68 bits per heavy atom. The summed E-state index contributed by atoms with van der Waals surface area (Å²) < 4.78 is 26.5. The van der Waals surface area contributed by atoms with Crippen molar-refractivity contribution in [3.63, 3.8) is 0 Å². The molecule has 2 nitrogen and oxygen atoms in total. The van der Waals surface area contributed by atoms with Crippen LogP contribution in [-0.4, -0.2) is 0 Å². The highest BCUT2D eigenvalue weighted by atomic mass is 35.5. The minimum atomic E-state index is -0.496. The van der Waals surface area contributed by atoms with Crippen molar-refractivity contribution in [1.82, 2.24) is 5.43 Å². The minimum absolute atomic E-state index is 0.331. The van der Waals surface area contributed by atoms with Gasteiger partial charge < -0.3 is 0 Å². The van der Waals surface area contributed by atoms with E-state index in [0.29, 0.717) is 16.1 Å². The van der Waals surface area contributed by atoms with Gasteiger partial charge in [0.1, 0.15) is 11.6 Å². The lowest BCUT2D eigenvalue weighted by molar-refractivity contribution is 0.598. The molecule has 1 atom stereocenters. The third-order valence-electron chi connectivity index (χ3n) is 2.98. The van der Waals surface area contributed by atoms with Gasteiger partial charge in [-0.15, -0.1) is 0 Å². The van der Waals surface area contributed by atoms with Crippen molar-refractivity contribution in [3.8, 4) is 0 Å². The molecule has 2 aromatic carbocycles. The van der Waals surface area contributed by atoms with E-state index in [1.165, 1.54) is 30.3 Å². The van der Waals surface area contributed by atoms with E-state index >= 15 is 0 Å². The Bertz CT molecular complexity index is 602. The van der Waals surface area contributed by atoms with E-state index in [1.807, 2.05) is 0 Å². The summed E-state index contributed by atoms with van der Waals surface area (Å²) in [5.74, 6) is 4.80. The SMILES string of the molecule is Cc1cc(F)ccc1C(NN)c1cc(F)ccc1Cl. The number of nitrogens with one attached hydrogen (secondary N) is 1. The maximum absolute atomic E-state index is 13.3. The third kappa shape index (κ3) is 2.92. The number of nitrogens with two attached hydrogens (primary N) is 1. The fourth-order valence-electron chi connectivity index (χ4n) is 2.05. The van der Waals surface area contributed by atoms with Gasteiger partial charge in [-0.3, -0.25) is 5.84 Å². The van der Waals surface area contributed by atoms with Gasteiger partial charge in [0.25, 0.3) is 0 Å². The summed E-state index contributed by atoms with van der Waals surface area (Å²) in [5.41, 5.74) is 4.56. The van der Waals surface area contributed by atoms with Crippen LogP contribution in [0.25, 0.3) is 0 Å². The van der Waals surface area contributed by atoms with Gasteiger partial charge in [0.05, 0.1) is 6.04 Å². The van der Waals surface area contributed by atoms with Crippen LogP contribution in [0.4, 0.5) is 8.78 Å².